The fraction of sp³-hybridized carbons (Fsp3) is 0.700. The van der Waals surface area contributed by atoms with Crippen LogP contribution < -0.4 is 4.74 Å². The molecule has 0 fully saturated rings. The smallest absolute Gasteiger partial charge is 0.358 e. The first-order valence-electron chi connectivity index (χ1n) is 9.53. The Morgan fingerprint density at radius 2 is 1.64 bits per heavy atom. The number of carbonyl (C=O) groups is 1. The number of rotatable bonds is 15. The van der Waals surface area contributed by atoms with Crippen molar-refractivity contribution in [1.29, 1.82) is 0 Å². The lowest BCUT2D eigenvalue weighted by molar-refractivity contribution is 0.0686. The molecule has 142 valence electrons. The van der Waals surface area contributed by atoms with Crippen LogP contribution in [0.15, 0.2) is 12.3 Å². The zero-order valence-electron chi connectivity index (χ0n) is 15.8. The number of hydrogen-bond donors (Lipinski definition) is 1. The van der Waals surface area contributed by atoms with Crippen LogP contribution in [-0.4, -0.2) is 29.8 Å². The molecule has 5 heteroatoms. The van der Waals surface area contributed by atoms with E-state index in [4.69, 9.17) is 14.6 Å². The van der Waals surface area contributed by atoms with Crippen molar-refractivity contribution in [2.75, 3.05) is 13.7 Å². The number of carboxylic acids is 1. The molecule has 0 atom stereocenters. The maximum atomic E-state index is 11.0. The third kappa shape index (κ3) is 9.44. The minimum Gasteiger partial charge on any atom is -0.494 e. The topological polar surface area (TPSA) is 68.7 Å². The molecule has 0 saturated heterocycles. The van der Waals surface area contributed by atoms with Gasteiger partial charge in [-0.2, -0.15) is 0 Å². The van der Waals surface area contributed by atoms with Crippen molar-refractivity contribution in [2.24, 2.45) is 0 Å². The van der Waals surface area contributed by atoms with Crippen LogP contribution in [0.5, 0.6) is 5.75 Å². The highest BCUT2D eigenvalue weighted by molar-refractivity contribution is 5.88. The summed E-state index contributed by atoms with van der Waals surface area (Å²) in [6.45, 7) is 3.40. The summed E-state index contributed by atoms with van der Waals surface area (Å²) in [5, 5.41) is 9.00. The molecule has 5 nitrogen and oxygen atoms in total. The summed E-state index contributed by atoms with van der Waals surface area (Å²) in [6, 6.07) is 1.68. The molecule has 0 aromatic carbocycles. The van der Waals surface area contributed by atoms with Crippen molar-refractivity contribution in [2.45, 2.75) is 77.7 Å². The van der Waals surface area contributed by atoms with Crippen LogP contribution in [-0.2, 0) is 11.3 Å². The molecule has 0 aliphatic rings. The Balaban J connectivity index is 2.05. The summed E-state index contributed by atoms with van der Waals surface area (Å²) in [7, 11) is 1.44. The van der Waals surface area contributed by atoms with E-state index in [0.717, 1.165) is 18.6 Å². The molecule has 0 amide bonds. The van der Waals surface area contributed by atoms with Crippen molar-refractivity contribution in [3.8, 4) is 5.75 Å². The summed E-state index contributed by atoms with van der Waals surface area (Å²) in [5.41, 5.74) is 0.759. The summed E-state index contributed by atoms with van der Waals surface area (Å²) in [4.78, 5) is 14.9. The standard InChI is InChI=1S/C20H33NO4/c1-3-4-5-6-7-8-9-10-11-12-13-25-16-17-14-18(24-2)19(20(22)23)21-15-17/h14-15H,3-13,16H2,1-2H3,(H,22,23). The lowest BCUT2D eigenvalue weighted by atomic mass is 10.1. The number of aromatic nitrogens is 1. The minimum atomic E-state index is -1.09. The third-order valence-electron chi connectivity index (χ3n) is 4.24. The number of methoxy groups -OCH3 is 1. The van der Waals surface area contributed by atoms with Crippen LogP contribution in [0.1, 0.15) is 87.2 Å². The van der Waals surface area contributed by atoms with Gasteiger partial charge >= 0.3 is 5.97 Å². The molecule has 0 bridgehead atoms. The van der Waals surface area contributed by atoms with Gasteiger partial charge in [-0.15, -0.1) is 0 Å². The zero-order valence-corrected chi connectivity index (χ0v) is 15.8. The van der Waals surface area contributed by atoms with Crippen LogP contribution in [0.25, 0.3) is 0 Å². The summed E-state index contributed by atoms with van der Waals surface area (Å²) in [5.74, 6) is -0.817. The first-order chi connectivity index (χ1) is 12.2. The van der Waals surface area contributed by atoms with E-state index in [1.54, 1.807) is 6.07 Å². The quantitative estimate of drug-likeness (QED) is 0.438. The third-order valence-corrected chi connectivity index (χ3v) is 4.24. The first-order valence-corrected chi connectivity index (χ1v) is 9.53. The maximum absolute atomic E-state index is 11.0. The molecular formula is C20H33NO4. The normalized spacial score (nSPS) is 10.8. The van der Waals surface area contributed by atoms with E-state index in [2.05, 4.69) is 11.9 Å². The first kappa shape index (κ1) is 21.4. The van der Waals surface area contributed by atoms with E-state index < -0.39 is 5.97 Å². The maximum Gasteiger partial charge on any atom is 0.358 e. The Morgan fingerprint density at radius 1 is 1.04 bits per heavy atom. The molecule has 1 heterocycles. The van der Waals surface area contributed by atoms with E-state index >= 15 is 0 Å². The van der Waals surface area contributed by atoms with Gasteiger partial charge in [-0.1, -0.05) is 64.7 Å². The molecule has 0 aliphatic carbocycles. The molecule has 0 unspecified atom stereocenters. The number of nitrogens with zero attached hydrogens (tertiary/aromatic N) is 1. The lowest BCUT2D eigenvalue weighted by Gasteiger charge is -2.08. The average molecular weight is 351 g/mol. The van der Waals surface area contributed by atoms with Crippen LogP contribution in [0.4, 0.5) is 0 Å². The lowest BCUT2D eigenvalue weighted by Crippen LogP contribution is -2.05. The fourth-order valence-corrected chi connectivity index (χ4v) is 2.76. The van der Waals surface area contributed by atoms with Crippen molar-refractivity contribution in [3.05, 3.63) is 23.5 Å². The second-order valence-electron chi connectivity index (χ2n) is 6.43. The van der Waals surface area contributed by atoms with Crippen molar-refractivity contribution in [3.63, 3.8) is 0 Å². The molecule has 1 rings (SSSR count). The highest BCUT2D eigenvalue weighted by atomic mass is 16.5. The van der Waals surface area contributed by atoms with Gasteiger partial charge in [0.05, 0.1) is 13.7 Å². The summed E-state index contributed by atoms with van der Waals surface area (Å²) >= 11 is 0. The largest absolute Gasteiger partial charge is 0.494 e. The summed E-state index contributed by atoms with van der Waals surface area (Å²) in [6.07, 6.45) is 14.6. The van der Waals surface area contributed by atoms with Crippen LogP contribution in [0.3, 0.4) is 0 Å². The van der Waals surface area contributed by atoms with Gasteiger partial charge in [-0.3, -0.25) is 0 Å². The molecule has 0 radical (unpaired) electrons. The molecule has 1 N–H and O–H groups in total. The number of aromatic carboxylic acids is 1. The molecule has 0 saturated carbocycles. The van der Waals surface area contributed by atoms with Gasteiger partial charge in [0.1, 0.15) is 0 Å². The molecule has 1 aromatic rings. The molecule has 0 spiro atoms. The SMILES string of the molecule is CCCCCCCCCCCCOCc1cnc(C(=O)O)c(OC)c1. The average Bonchev–Trinajstić information content (AvgIpc) is 2.62. The number of hydrogen-bond acceptors (Lipinski definition) is 4. The highest BCUT2D eigenvalue weighted by Crippen LogP contribution is 2.18. The Bertz CT molecular complexity index is 491. The number of pyridine rings is 1. The highest BCUT2D eigenvalue weighted by Gasteiger charge is 2.13. The molecule has 1 aromatic heterocycles. The molecular weight excluding hydrogens is 318 g/mol. The Kier molecular flexibility index (Phi) is 11.7. The van der Waals surface area contributed by atoms with Gasteiger partial charge in [0.15, 0.2) is 11.4 Å². The van der Waals surface area contributed by atoms with Crippen LogP contribution >= 0.6 is 0 Å². The van der Waals surface area contributed by atoms with Gasteiger partial charge in [-0.25, -0.2) is 9.78 Å². The van der Waals surface area contributed by atoms with Gasteiger partial charge in [-0.05, 0) is 18.1 Å². The number of unbranched alkanes of at least 4 members (excludes halogenated alkanes) is 9. The van der Waals surface area contributed by atoms with Crippen LogP contribution in [0.2, 0.25) is 0 Å². The predicted molar refractivity (Wildman–Crippen MR) is 99.2 cm³/mol. The van der Waals surface area contributed by atoms with Gasteiger partial charge < -0.3 is 14.6 Å². The molecule has 25 heavy (non-hydrogen) atoms. The van der Waals surface area contributed by atoms with E-state index in [9.17, 15) is 4.79 Å². The molecule has 0 aliphatic heterocycles. The van der Waals surface area contributed by atoms with Crippen LogP contribution in [0, 0.1) is 0 Å². The Morgan fingerprint density at radius 3 is 2.20 bits per heavy atom. The van der Waals surface area contributed by atoms with E-state index in [1.807, 2.05) is 0 Å². The monoisotopic (exact) mass is 351 g/mol. The second-order valence-corrected chi connectivity index (χ2v) is 6.43. The predicted octanol–water partition coefficient (Wildman–Crippen LogP) is 5.23. The van der Waals surface area contributed by atoms with E-state index in [1.165, 1.54) is 71.1 Å². The summed E-state index contributed by atoms with van der Waals surface area (Å²) < 4.78 is 10.7. The van der Waals surface area contributed by atoms with Crippen molar-refractivity contribution < 1.29 is 19.4 Å². The Hall–Kier alpha value is -1.62. The minimum absolute atomic E-state index is 0.0686. The zero-order chi connectivity index (χ0) is 18.3. The number of carboxylic acid groups (broad SMARTS) is 1. The van der Waals surface area contributed by atoms with Gasteiger partial charge in [0.2, 0.25) is 0 Å². The Labute approximate surface area is 151 Å². The van der Waals surface area contributed by atoms with E-state index in [0.29, 0.717) is 6.61 Å². The fourth-order valence-electron chi connectivity index (χ4n) is 2.76. The second kappa shape index (κ2) is 13.6. The van der Waals surface area contributed by atoms with E-state index in [-0.39, 0.29) is 11.4 Å². The van der Waals surface area contributed by atoms with Crippen molar-refractivity contribution >= 4 is 5.97 Å². The number of ether oxygens (including phenoxy) is 2. The van der Waals surface area contributed by atoms with Crippen molar-refractivity contribution in [1.82, 2.24) is 4.98 Å². The van der Waals surface area contributed by atoms with Gasteiger partial charge in [0.25, 0.3) is 0 Å². The van der Waals surface area contributed by atoms with Gasteiger partial charge in [0, 0.05) is 12.8 Å².